The number of hydrogen-bond acceptors (Lipinski definition) is 6. The van der Waals surface area contributed by atoms with Crippen molar-refractivity contribution in [2.45, 2.75) is 66.4 Å². The van der Waals surface area contributed by atoms with Crippen LogP contribution in [0.1, 0.15) is 46.9 Å². The van der Waals surface area contributed by atoms with Crippen molar-refractivity contribution in [3.8, 4) is 11.8 Å². The third-order valence-electron chi connectivity index (χ3n) is 5.90. The van der Waals surface area contributed by atoms with Crippen LogP contribution in [0.4, 0.5) is 70.2 Å². The molecule has 0 aliphatic rings. The summed E-state index contributed by atoms with van der Waals surface area (Å²) in [7, 11) is 3.52. The highest BCUT2D eigenvalue weighted by Crippen LogP contribution is 2.36. The third-order valence-corrected chi connectivity index (χ3v) is 5.90. The largest absolute Gasteiger partial charge is 0.468 e. The van der Waals surface area contributed by atoms with Gasteiger partial charge in [0.25, 0.3) is 0 Å². The Morgan fingerprint density at radius 1 is 0.604 bits per heavy atom. The first-order valence-corrected chi connectivity index (χ1v) is 13.6. The van der Waals surface area contributed by atoms with E-state index >= 15 is 0 Å². The van der Waals surface area contributed by atoms with E-state index in [1.54, 1.807) is 0 Å². The van der Waals surface area contributed by atoms with Gasteiger partial charge in [-0.25, -0.2) is 18.1 Å². The summed E-state index contributed by atoms with van der Waals surface area (Å²) in [6.45, 7) is -0.138. The summed E-state index contributed by atoms with van der Waals surface area (Å²) < 4.78 is 203. The molecule has 3 heterocycles. The molecule has 53 heavy (non-hydrogen) atoms. The Hall–Kier alpha value is -4.74. The number of rotatable bonds is 4. The van der Waals surface area contributed by atoms with Crippen molar-refractivity contribution in [3.05, 3.63) is 69.3 Å². The summed E-state index contributed by atoms with van der Waals surface area (Å²) in [6.07, 6.45) is -18.4. The first-order valence-electron chi connectivity index (χ1n) is 13.6. The van der Waals surface area contributed by atoms with E-state index in [1.165, 1.54) is 39.1 Å². The van der Waals surface area contributed by atoms with Gasteiger partial charge in [0.1, 0.15) is 11.6 Å². The van der Waals surface area contributed by atoms with E-state index in [0.717, 1.165) is 32.7 Å². The van der Waals surface area contributed by atoms with Crippen LogP contribution in [-0.2, 0) is 39.7 Å². The van der Waals surface area contributed by atoms with E-state index in [1.807, 2.05) is 0 Å². The Balaban J connectivity index is 0.000000693. The van der Waals surface area contributed by atoms with Gasteiger partial charge in [-0.2, -0.15) is 81.6 Å². The van der Waals surface area contributed by atoms with E-state index in [9.17, 15) is 70.2 Å². The molecule has 0 saturated carbocycles. The molecule has 0 unspecified atom stereocenters. The van der Waals surface area contributed by atoms with Gasteiger partial charge in [-0.3, -0.25) is 0 Å². The lowest BCUT2D eigenvalue weighted by atomic mass is 10.2. The second-order valence-corrected chi connectivity index (χ2v) is 10.1. The van der Waals surface area contributed by atoms with Crippen LogP contribution in [0.15, 0.2) is 18.2 Å². The molecular weight excluding hydrogens is 770 g/mol. The predicted molar refractivity (Wildman–Crippen MR) is 153 cm³/mol. The second-order valence-electron chi connectivity index (χ2n) is 10.1. The van der Waals surface area contributed by atoms with E-state index in [2.05, 4.69) is 29.9 Å². The van der Waals surface area contributed by atoms with Gasteiger partial charge < -0.3 is 9.47 Å². The molecule has 0 amide bonds. The number of hydrogen-bond donors (Lipinski definition) is 0. The zero-order valence-electron chi connectivity index (χ0n) is 27.5. The van der Waals surface area contributed by atoms with Crippen molar-refractivity contribution in [2.75, 3.05) is 6.61 Å². The van der Waals surface area contributed by atoms with Gasteiger partial charge in [-0.15, -0.1) is 5.10 Å². The highest BCUT2D eigenvalue weighted by molar-refractivity contribution is 5.32. The van der Waals surface area contributed by atoms with Gasteiger partial charge in [-0.1, -0.05) is 13.5 Å². The summed E-state index contributed by atoms with van der Waals surface area (Å²) in [5.41, 5.74) is -4.33. The molecule has 25 heteroatoms. The van der Waals surface area contributed by atoms with Gasteiger partial charge in [-0.05, 0) is 39.8 Å². The summed E-state index contributed by atoms with van der Waals surface area (Å²) in [5, 5.41) is 12.8. The Kier molecular flexibility index (Phi) is 16.7. The standard InChI is InChI=1S/C8H8F6N2O.C7H7F5N2O.C7H6F2.C5H6F3N3.CH4/c1-4-5(8(12,13)14)15-16(2)6(4)17-3-7(9,10)11;1-3-4(7(10,11)12)13-14(2)5(3)15-6(8)9;1-5-6(8)3-2-4-7(5)9;1-3-4(5(6,7)8)10-11(2)9-3;/h3H2,1-2H3;6H,1-2H3;2-4H,1H3;1-2H3;1H4. The molecule has 0 N–H and O–H groups in total. The fourth-order valence-electron chi connectivity index (χ4n) is 3.72. The third kappa shape index (κ3) is 14.7. The number of benzene rings is 1. The van der Waals surface area contributed by atoms with Crippen LogP contribution in [0.2, 0.25) is 0 Å². The van der Waals surface area contributed by atoms with Crippen molar-refractivity contribution in [1.29, 1.82) is 0 Å². The maximum Gasteiger partial charge on any atom is 0.437 e. The van der Waals surface area contributed by atoms with Crippen LogP contribution in [0.5, 0.6) is 11.8 Å². The number of aromatic nitrogens is 7. The molecule has 9 nitrogen and oxygen atoms in total. The van der Waals surface area contributed by atoms with Crippen LogP contribution in [-0.4, -0.2) is 53.9 Å². The minimum Gasteiger partial charge on any atom is -0.468 e. The maximum absolute atomic E-state index is 12.4. The molecule has 0 spiro atoms. The topological polar surface area (TPSA) is 84.8 Å². The zero-order valence-corrected chi connectivity index (χ0v) is 27.5. The fraction of sp³-hybridized carbons (Fsp3) is 0.500. The average Bonchev–Trinajstić information content (AvgIpc) is 3.57. The molecule has 0 radical (unpaired) electrons. The molecule has 0 aliphatic carbocycles. The average molecular weight is 802 g/mol. The van der Waals surface area contributed by atoms with E-state index in [4.69, 9.17) is 0 Å². The fourth-order valence-corrected chi connectivity index (χ4v) is 3.72. The first-order chi connectivity index (χ1) is 23.4. The SMILES string of the molecule is C.Cc1c(C(F)(F)F)nn(C)c1OC(F)F.Cc1c(C(F)(F)F)nn(C)c1OCC(F)(F)F.Cc1c(F)cccc1F.Cc1nn(C)nc1C(F)(F)F. The second kappa shape index (κ2) is 18.3. The Morgan fingerprint density at radius 3 is 1.28 bits per heavy atom. The normalized spacial score (nSPS) is 11.8. The van der Waals surface area contributed by atoms with Crippen molar-refractivity contribution in [2.24, 2.45) is 21.1 Å². The first kappa shape index (κ1) is 48.3. The highest BCUT2D eigenvalue weighted by atomic mass is 19.4. The zero-order chi connectivity index (χ0) is 40.7. The number of halogens is 16. The molecule has 0 atom stereocenters. The lowest BCUT2D eigenvalue weighted by Crippen LogP contribution is -2.20. The van der Waals surface area contributed by atoms with Crippen LogP contribution in [0, 0.1) is 39.3 Å². The van der Waals surface area contributed by atoms with E-state index in [-0.39, 0.29) is 18.7 Å². The number of nitrogens with zero attached hydrogens (tertiary/aromatic N) is 7. The lowest BCUT2D eigenvalue weighted by Gasteiger charge is -2.09. The summed E-state index contributed by atoms with van der Waals surface area (Å²) in [4.78, 5) is 0.901. The summed E-state index contributed by atoms with van der Waals surface area (Å²) >= 11 is 0. The van der Waals surface area contributed by atoms with Crippen molar-refractivity contribution < 1.29 is 79.7 Å². The van der Waals surface area contributed by atoms with Crippen LogP contribution < -0.4 is 9.47 Å². The van der Waals surface area contributed by atoms with Gasteiger partial charge in [0.2, 0.25) is 11.8 Å². The Bertz CT molecular complexity index is 1730. The number of alkyl halides is 14. The number of aryl methyl sites for hydroxylation is 4. The molecule has 4 rings (SSSR count). The summed E-state index contributed by atoms with van der Waals surface area (Å²) in [6, 6.07) is 3.81. The van der Waals surface area contributed by atoms with Crippen LogP contribution in [0.25, 0.3) is 0 Å². The molecule has 0 saturated heterocycles. The van der Waals surface area contributed by atoms with Crippen molar-refractivity contribution >= 4 is 0 Å². The van der Waals surface area contributed by atoms with Crippen LogP contribution in [0.3, 0.4) is 0 Å². The highest BCUT2D eigenvalue weighted by Gasteiger charge is 2.40. The predicted octanol–water partition coefficient (Wildman–Crippen LogP) is 9.09. The molecule has 3 aromatic heterocycles. The smallest absolute Gasteiger partial charge is 0.437 e. The molecule has 302 valence electrons. The van der Waals surface area contributed by atoms with Gasteiger partial charge in [0.15, 0.2) is 23.7 Å². The molecule has 0 bridgehead atoms. The van der Waals surface area contributed by atoms with E-state index in [0.29, 0.717) is 9.36 Å². The summed E-state index contributed by atoms with van der Waals surface area (Å²) in [5.74, 6) is -2.11. The molecule has 0 aliphatic heterocycles. The van der Waals surface area contributed by atoms with Gasteiger partial charge >= 0.3 is 31.3 Å². The lowest BCUT2D eigenvalue weighted by molar-refractivity contribution is -0.154. The van der Waals surface area contributed by atoms with E-state index < -0.39 is 89.5 Å². The molecule has 4 aromatic rings. The maximum atomic E-state index is 12.4. The Morgan fingerprint density at radius 2 is 1.00 bits per heavy atom. The minimum absolute atomic E-state index is 0. The van der Waals surface area contributed by atoms with Crippen molar-refractivity contribution in [3.63, 3.8) is 0 Å². The molecular formula is C28H31F16N7O2. The Labute approximate surface area is 290 Å². The molecule has 1 aromatic carbocycles. The minimum atomic E-state index is -4.72. The number of ether oxygens (including phenoxy) is 2. The van der Waals surface area contributed by atoms with Crippen LogP contribution >= 0.6 is 0 Å². The quantitative estimate of drug-likeness (QED) is 0.192. The van der Waals surface area contributed by atoms with Crippen molar-refractivity contribution in [1.82, 2.24) is 34.6 Å². The van der Waals surface area contributed by atoms with Gasteiger partial charge in [0.05, 0.1) is 5.69 Å². The van der Waals surface area contributed by atoms with Gasteiger partial charge in [0, 0.05) is 37.8 Å². The molecule has 0 fully saturated rings. The monoisotopic (exact) mass is 801 g/mol.